The Morgan fingerprint density at radius 1 is 1.35 bits per heavy atom. The molecule has 0 spiro atoms. The summed E-state index contributed by atoms with van der Waals surface area (Å²) in [7, 11) is 1.88. The first-order chi connectivity index (χ1) is 8.11. The fourth-order valence-electron chi connectivity index (χ4n) is 3.23. The van der Waals surface area contributed by atoms with E-state index in [1.165, 1.54) is 19.3 Å². The number of carbonyl (C=O) groups excluding carboxylic acids is 1. The van der Waals surface area contributed by atoms with Crippen LogP contribution >= 0.6 is 0 Å². The number of piperidine rings is 2. The summed E-state index contributed by atoms with van der Waals surface area (Å²) in [6.45, 7) is 3.40. The maximum Gasteiger partial charge on any atom is 0.236 e. The van der Waals surface area contributed by atoms with E-state index in [4.69, 9.17) is 5.73 Å². The summed E-state index contributed by atoms with van der Waals surface area (Å²) in [6, 6.07) is 1.44. The van der Waals surface area contributed by atoms with Crippen molar-refractivity contribution in [1.29, 1.82) is 0 Å². The minimum atomic E-state index is 0.250. The van der Waals surface area contributed by atoms with Gasteiger partial charge in [-0.25, -0.2) is 0 Å². The van der Waals surface area contributed by atoms with E-state index < -0.39 is 0 Å². The average molecular weight is 239 g/mol. The van der Waals surface area contributed by atoms with Crippen LogP contribution in [0.15, 0.2) is 0 Å². The molecular weight excluding hydrogens is 214 g/mol. The van der Waals surface area contributed by atoms with Gasteiger partial charge in [-0.1, -0.05) is 6.42 Å². The molecule has 2 heterocycles. The van der Waals surface area contributed by atoms with Crippen LogP contribution in [-0.4, -0.2) is 54.0 Å². The molecule has 0 aromatic heterocycles. The van der Waals surface area contributed by atoms with Gasteiger partial charge in [0.05, 0.1) is 6.54 Å². The summed E-state index contributed by atoms with van der Waals surface area (Å²) in [5, 5.41) is 0. The average Bonchev–Trinajstić information content (AvgIpc) is 2.29. The Hall–Kier alpha value is -0.610. The Bertz CT molecular complexity index is 268. The molecule has 2 bridgehead atoms. The van der Waals surface area contributed by atoms with Crippen molar-refractivity contribution in [3.63, 3.8) is 0 Å². The quantitative estimate of drug-likeness (QED) is 0.793. The predicted molar refractivity (Wildman–Crippen MR) is 68.7 cm³/mol. The first-order valence-corrected chi connectivity index (χ1v) is 6.87. The Kier molecular flexibility index (Phi) is 4.05. The SMILES string of the molecule is CCN(C)C(=O)CN1C2CCCC1CC(N)C2. The number of nitrogens with zero attached hydrogens (tertiary/aromatic N) is 2. The maximum atomic E-state index is 12.0. The molecule has 4 nitrogen and oxygen atoms in total. The van der Waals surface area contributed by atoms with E-state index in [9.17, 15) is 4.79 Å². The summed E-state index contributed by atoms with van der Waals surface area (Å²) in [5.41, 5.74) is 6.08. The Labute approximate surface area is 104 Å². The van der Waals surface area contributed by atoms with Crippen LogP contribution in [0.4, 0.5) is 0 Å². The van der Waals surface area contributed by atoms with Crippen molar-refractivity contribution in [1.82, 2.24) is 9.80 Å². The number of carbonyl (C=O) groups is 1. The first-order valence-electron chi connectivity index (χ1n) is 6.87. The molecule has 2 rings (SSSR count). The number of nitrogens with two attached hydrogens (primary N) is 1. The van der Waals surface area contributed by atoms with Gasteiger partial charge >= 0.3 is 0 Å². The molecule has 1 amide bonds. The standard InChI is InChI=1S/C13H25N3O/c1-3-15(2)13(17)9-16-11-5-4-6-12(16)8-10(14)7-11/h10-12H,3-9,14H2,1-2H3. The van der Waals surface area contributed by atoms with Crippen molar-refractivity contribution < 1.29 is 4.79 Å². The van der Waals surface area contributed by atoms with E-state index in [0.717, 1.165) is 19.4 Å². The molecule has 2 N–H and O–H groups in total. The van der Waals surface area contributed by atoms with Crippen LogP contribution in [0.25, 0.3) is 0 Å². The monoisotopic (exact) mass is 239 g/mol. The van der Waals surface area contributed by atoms with Gasteiger partial charge in [0.25, 0.3) is 0 Å². The van der Waals surface area contributed by atoms with Crippen LogP contribution in [0.5, 0.6) is 0 Å². The maximum absolute atomic E-state index is 12.0. The second kappa shape index (κ2) is 5.36. The van der Waals surface area contributed by atoms with Gasteiger partial charge in [-0.15, -0.1) is 0 Å². The number of hydrogen-bond donors (Lipinski definition) is 1. The smallest absolute Gasteiger partial charge is 0.236 e. The van der Waals surface area contributed by atoms with Crippen LogP contribution in [0.2, 0.25) is 0 Å². The zero-order chi connectivity index (χ0) is 12.4. The molecule has 0 radical (unpaired) electrons. The molecule has 4 heteroatoms. The number of amides is 1. The van der Waals surface area contributed by atoms with Crippen molar-refractivity contribution in [3.05, 3.63) is 0 Å². The third kappa shape index (κ3) is 2.80. The molecule has 2 aliphatic rings. The van der Waals surface area contributed by atoms with E-state index in [0.29, 0.717) is 24.7 Å². The highest BCUT2D eigenvalue weighted by Crippen LogP contribution is 2.33. The van der Waals surface area contributed by atoms with E-state index in [-0.39, 0.29) is 5.91 Å². The van der Waals surface area contributed by atoms with Crippen LogP contribution in [0.1, 0.15) is 39.0 Å². The Balaban J connectivity index is 1.98. The largest absolute Gasteiger partial charge is 0.345 e. The van der Waals surface area contributed by atoms with E-state index >= 15 is 0 Å². The highest BCUT2D eigenvalue weighted by Gasteiger charge is 2.37. The van der Waals surface area contributed by atoms with Crippen LogP contribution in [0, 0.1) is 0 Å². The minimum absolute atomic E-state index is 0.250. The van der Waals surface area contributed by atoms with Gasteiger partial charge in [-0.05, 0) is 32.6 Å². The Morgan fingerprint density at radius 2 is 1.94 bits per heavy atom. The van der Waals surface area contributed by atoms with Crippen molar-refractivity contribution in [2.45, 2.75) is 57.2 Å². The summed E-state index contributed by atoms with van der Waals surface area (Å²) in [5.74, 6) is 0.250. The lowest BCUT2D eigenvalue weighted by Gasteiger charge is -2.48. The molecule has 0 saturated carbocycles. The van der Waals surface area contributed by atoms with Crippen LogP contribution in [-0.2, 0) is 4.79 Å². The lowest BCUT2D eigenvalue weighted by Crippen LogP contribution is -2.57. The highest BCUT2D eigenvalue weighted by atomic mass is 16.2. The second-order valence-corrected chi connectivity index (χ2v) is 5.55. The van der Waals surface area contributed by atoms with Crippen molar-refractivity contribution in [2.75, 3.05) is 20.1 Å². The molecule has 2 saturated heterocycles. The molecule has 2 aliphatic heterocycles. The lowest BCUT2D eigenvalue weighted by atomic mass is 9.82. The van der Waals surface area contributed by atoms with Gasteiger partial charge in [-0.2, -0.15) is 0 Å². The predicted octanol–water partition coefficient (Wildman–Crippen LogP) is 0.809. The topological polar surface area (TPSA) is 49.6 Å². The number of rotatable bonds is 3. The lowest BCUT2D eigenvalue weighted by molar-refractivity contribution is -0.133. The van der Waals surface area contributed by atoms with E-state index in [2.05, 4.69) is 4.90 Å². The molecule has 2 unspecified atom stereocenters. The third-order valence-corrected chi connectivity index (χ3v) is 4.38. The third-order valence-electron chi connectivity index (χ3n) is 4.38. The molecule has 0 aromatic carbocycles. The Morgan fingerprint density at radius 3 is 2.47 bits per heavy atom. The van der Waals surface area contributed by atoms with Gasteiger partial charge in [0.2, 0.25) is 5.91 Å². The number of likely N-dealkylation sites (N-methyl/N-ethyl adjacent to an activating group) is 1. The highest BCUT2D eigenvalue weighted by molar-refractivity contribution is 5.78. The summed E-state index contributed by atoms with van der Waals surface area (Å²) in [6.07, 6.45) is 5.87. The first kappa shape index (κ1) is 12.8. The van der Waals surface area contributed by atoms with Gasteiger partial charge in [0.1, 0.15) is 0 Å². The van der Waals surface area contributed by atoms with E-state index in [1.807, 2.05) is 18.9 Å². The molecule has 17 heavy (non-hydrogen) atoms. The molecule has 0 aliphatic carbocycles. The minimum Gasteiger partial charge on any atom is -0.345 e. The van der Waals surface area contributed by atoms with E-state index in [1.54, 1.807) is 0 Å². The summed E-state index contributed by atoms with van der Waals surface area (Å²) >= 11 is 0. The summed E-state index contributed by atoms with van der Waals surface area (Å²) in [4.78, 5) is 16.2. The van der Waals surface area contributed by atoms with Crippen LogP contribution < -0.4 is 5.73 Å². The molecular formula is C13H25N3O. The van der Waals surface area contributed by atoms with Crippen molar-refractivity contribution in [3.8, 4) is 0 Å². The van der Waals surface area contributed by atoms with Gasteiger partial charge in [0, 0.05) is 31.7 Å². The zero-order valence-electron chi connectivity index (χ0n) is 11.1. The van der Waals surface area contributed by atoms with Gasteiger partial charge in [0.15, 0.2) is 0 Å². The second-order valence-electron chi connectivity index (χ2n) is 5.55. The molecule has 0 aromatic rings. The fourth-order valence-corrected chi connectivity index (χ4v) is 3.23. The van der Waals surface area contributed by atoms with Crippen molar-refractivity contribution in [2.24, 2.45) is 5.73 Å². The van der Waals surface area contributed by atoms with Gasteiger partial charge < -0.3 is 10.6 Å². The van der Waals surface area contributed by atoms with Crippen LogP contribution in [0.3, 0.4) is 0 Å². The summed E-state index contributed by atoms with van der Waals surface area (Å²) < 4.78 is 0. The number of fused-ring (bicyclic) bond motifs is 2. The zero-order valence-corrected chi connectivity index (χ0v) is 11.1. The normalized spacial score (nSPS) is 33.5. The van der Waals surface area contributed by atoms with Gasteiger partial charge in [-0.3, -0.25) is 9.69 Å². The molecule has 98 valence electrons. The number of hydrogen-bond acceptors (Lipinski definition) is 3. The van der Waals surface area contributed by atoms with Crippen molar-refractivity contribution >= 4 is 5.91 Å². The molecule has 2 fully saturated rings. The molecule has 2 atom stereocenters. The fraction of sp³-hybridized carbons (Fsp3) is 0.923.